The number of ether oxygens (including phenoxy) is 1. The van der Waals surface area contributed by atoms with Crippen molar-refractivity contribution in [3.05, 3.63) is 29.3 Å². The Labute approximate surface area is 267 Å². The monoisotopic (exact) mass is 687 g/mol. The summed E-state index contributed by atoms with van der Waals surface area (Å²) in [5.74, 6) is -3.44. The fourth-order valence-electron chi connectivity index (χ4n) is 6.34. The van der Waals surface area contributed by atoms with Crippen molar-refractivity contribution in [2.45, 2.75) is 88.2 Å². The van der Waals surface area contributed by atoms with Gasteiger partial charge in [0.05, 0.1) is 28.5 Å². The SMILES string of the molecule is CC(C)(C)OC[C@H](NS(=O)(=O)C(F)(F)F)C(=O)N1[C@@H]2CC[C@@H](C2)[C@H]1C(=O)N[C@@H](C[C@@H]1CCNC1=O)C(=O)c1nc2ccccc2s1. The number of fused-ring (bicyclic) bond motifs is 3. The molecule has 1 aliphatic carbocycles. The number of halogens is 3. The summed E-state index contributed by atoms with van der Waals surface area (Å²) in [6.45, 7) is 4.48. The molecule has 0 unspecified atom stereocenters. The molecule has 1 saturated carbocycles. The van der Waals surface area contributed by atoms with E-state index in [1.165, 1.54) is 4.72 Å². The average Bonchev–Trinajstić information content (AvgIpc) is 3.77. The zero-order chi connectivity index (χ0) is 33.6. The van der Waals surface area contributed by atoms with Crippen LogP contribution in [0.3, 0.4) is 0 Å². The Bertz CT molecular complexity index is 1590. The summed E-state index contributed by atoms with van der Waals surface area (Å²) in [5.41, 5.74) is -6.02. The minimum Gasteiger partial charge on any atom is -0.374 e. The van der Waals surface area contributed by atoms with Gasteiger partial charge in [-0.25, -0.2) is 13.4 Å². The number of hydrogen-bond donors (Lipinski definition) is 3. The van der Waals surface area contributed by atoms with Crippen molar-refractivity contribution in [1.82, 2.24) is 25.2 Å². The maximum Gasteiger partial charge on any atom is 0.511 e. The number of ketones is 1. The van der Waals surface area contributed by atoms with Gasteiger partial charge in [0.15, 0.2) is 5.01 Å². The summed E-state index contributed by atoms with van der Waals surface area (Å²) in [5, 5.41) is 5.59. The number of aromatic nitrogens is 1. The van der Waals surface area contributed by atoms with E-state index in [1.807, 2.05) is 0 Å². The fourth-order valence-corrected chi connectivity index (χ4v) is 7.97. The van der Waals surface area contributed by atoms with E-state index in [2.05, 4.69) is 15.6 Å². The molecule has 2 aromatic rings. The number of Topliss-reactive ketones (excluding diaryl/α,β-unsaturated/α-hetero) is 1. The maximum atomic E-state index is 14.0. The fraction of sp³-hybridized carbons (Fsp3) is 0.621. The number of benzene rings is 1. The molecule has 0 radical (unpaired) electrons. The first-order valence-electron chi connectivity index (χ1n) is 15.0. The summed E-state index contributed by atoms with van der Waals surface area (Å²) in [6.07, 6.45) is 1.82. The number of carbonyl (C=O) groups excluding carboxylic acids is 4. The van der Waals surface area contributed by atoms with Gasteiger partial charge in [0.25, 0.3) is 0 Å². The highest BCUT2D eigenvalue weighted by Gasteiger charge is 2.55. The summed E-state index contributed by atoms with van der Waals surface area (Å²) >= 11 is 1.14. The molecule has 17 heteroatoms. The second-order valence-corrected chi connectivity index (χ2v) is 15.6. The quantitative estimate of drug-likeness (QED) is 0.304. The zero-order valence-corrected chi connectivity index (χ0v) is 27.1. The van der Waals surface area contributed by atoms with Crippen molar-refractivity contribution in [2.75, 3.05) is 13.2 Å². The number of carbonyl (C=O) groups is 4. The van der Waals surface area contributed by atoms with Gasteiger partial charge in [-0.3, -0.25) is 19.2 Å². The lowest BCUT2D eigenvalue weighted by Crippen LogP contribution is -2.61. The third kappa shape index (κ3) is 7.21. The molecule has 1 aromatic carbocycles. The Morgan fingerprint density at radius 2 is 1.85 bits per heavy atom. The minimum atomic E-state index is -5.95. The average molecular weight is 688 g/mol. The normalized spacial score (nSPS) is 24.7. The molecule has 6 atom stereocenters. The Kier molecular flexibility index (Phi) is 9.52. The van der Waals surface area contributed by atoms with E-state index in [0.29, 0.717) is 37.7 Å². The number of rotatable bonds is 11. The van der Waals surface area contributed by atoms with E-state index in [4.69, 9.17) is 4.74 Å². The van der Waals surface area contributed by atoms with Crippen LogP contribution < -0.4 is 15.4 Å². The van der Waals surface area contributed by atoms with Crippen molar-refractivity contribution >= 4 is 55.1 Å². The van der Waals surface area contributed by atoms with Crippen molar-refractivity contribution in [1.29, 1.82) is 0 Å². The minimum absolute atomic E-state index is 0.0193. The smallest absolute Gasteiger partial charge is 0.374 e. The molecular formula is C29H36F3N5O7S2. The van der Waals surface area contributed by atoms with Crippen LogP contribution in [-0.4, -0.2) is 90.2 Å². The van der Waals surface area contributed by atoms with E-state index < -0.39 is 75.4 Å². The molecule has 2 aliphatic heterocycles. The maximum absolute atomic E-state index is 14.0. The Morgan fingerprint density at radius 1 is 1.13 bits per heavy atom. The third-order valence-corrected chi connectivity index (χ3v) is 10.8. The number of likely N-dealkylation sites (tertiary alicyclic amines) is 1. The van der Waals surface area contributed by atoms with Crippen LogP contribution in [0, 0.1) is 11.8 Å². The molecular weight excluding hydrogens is 651 g/mol. The number of thiazole rings is 1. The molecule has 2 saturated heterocycles. The first-order chi connectivity index (χ1) is 21.4. The largest absolute Gasteiger partial charge is 0.511 e. The second kappa shape index (κ2) is 12.8. The molecule has 46 heavy (non-hydrogen) atoms. The van der Waals surface area contributed by atoms with Gasteiger partial charge in [-0.1, -0.05) is 12.1 Å². The summed E-state index contributed by atoms with van der Waals surface area (Å²) in [7, 11) is -5.95. The van der Waals surface area contributed by atoms with Crippen LogP contribution in [0.25, 0.3) is 10.2 Å². The molecule has 3 amide bonds. The van der Waals surface area contributed by atoms with Crippen LogP contribution in [0.4, 0.5) is 13.2 Å². The van der Waals surface area contributed by atoms with Crippen LogP contribution in [0.1, 0.15) is 62.7 Å². The van der Waals surface area contributed by atoms with E-state index in [1.54, 1.807) is 45.0 Å². The third-order valence-electron chi connectivity index (χ3n) is 8.51. The van der Waals surface area contributed by atoms with Crippen LogP contribution in [0.2, 0.25) is 0 Å². The lowest BCUT2D eigenvalue weighted by Gasteiger charge is -2.37. The van der Waals surface area contributed by atoms with Crippen LogP contribution in [0.15, 0.2) is 24.3 Å². The predicted molar refractivity (Wildman–Crippen MR) is 161 cm³/mol. The molecule has 3 heterocycles. The molecule has 1 aromatic heterocycles. The summed E-state index contributed by atoms with van der Waals surface area (Å²) in [6, 6.07) is 2.26. The first-order valence-corrected chi connectivity index (χ1v) is 17.3. The summed E-state index contributed by atoms with van der Waals surface area (Å²) in [4.78, 5) is 59.6. The Balaban J connectivity index is 1.42. The van der Waals surface area contributed by atoms with Gasteiger partial charge in [0.2, 0.25) is 23.5 Å². The molecule has 2 bridgehead atoms. The highest BCUT2D eigenvalue weighted by Crippen LogP contribution is 2.43. The molecule has 252 valence electrons. The van der Waals surface area contributed by atoms with Gasteiger partial charge < -0.3 is 20.3 Å². The number of nitrogens with one attached hydrogen (secondary N) is 3. The number of piperidine rings is 1. The topological polar surface area (TPSA) is 164 Å². The summed E-state index contributed by atoms with van der Waals surface area (Å²) < 4.78 is 71.9. The Morgan fingerprint density at radius 3 is 2.48 bits per heavy atom. The standard InChI is InChI=1S/C29H36F3N5O7S2/c1-28(2,3)44-14-20(36-46(42,43)29(30,31)32)27(41)37-17-9-8-15(12-17)22(37)25(40)34-19(13-16-10-11-33-24(16)39)23(38)26-35-18-6-4-5-7-21(18)45-26/h4-7,15-17,19-20,22,36H,8-14H2,1-3H3,(H,33,39)(H,34,40)/t15-,16-,17+,19-,20-,22-/m0/s1. The van der Waals surface area contributed by atoms with Crippen molar-refractivity contribution in [3.8, 4) is 0 Å². The number of hydrogen-bond acceptors (Lipinski definition) is 9. The highest BCUT2D eigenvalue weighted by atomic mass is 32.2. The zero-order valence-electron chi connectivity index (χ0n) is 25.4. The highest BCUT2D eigenvalue weighted by molar-refractivity contribution is 7.90. The van der Waals surface area contributed by atoms with E-state index in [9.17, 15) is 40.8 Å². The van der Waals surface area contributed by atoms with Crippen LogP contribution >= 0.6 is 11.3 Å². The second-order valence-electron chi connectivity index (χ2n) is 12.9. The predicted octanol–water partition coefficient (Wildman–Crippen LogP) is 2.49. The van der Waals surface area contributed by atoms with Gasteiger partial charge in [-0.05, 0) is 70.9 Å². The van der Waals surface area contributed by atoms with Crippen molar-refractivity contribution in [3.63, 3.8) is 0 Å². The first kappa shape index (κ1) is 34.2. The number of nitrogens with zero attached hydrogens (tertiary/aromatic N) is 2. The van der Waals surface area contributed by atoms with Crippen LogP contribution in [0.5, 0.6) is 0 Å². The number of sulfonamides is 1. The van der Waals surface area contributed by atoms with Gasteiger partial charge >= 0.3 is 15.5 Å². The molecule has 5 rings (SSSR count). The van der Waals surface area contributed by atoms with Gasteiger partial charge in [0, 0.05) is 18.5 Å². The molecule has 3 fully saturated rings. The lowest BCUT2D eigenvalue weighted by atomic mass is 9.93. The van der Waals surface area contributed by atoms with Gasteiger partial charge in [0.1, 0.15) is 12.1 Å². The molecule has 12 nitrogen and oxygen atoms in total. The van der Waals surface area contributed by atoms with Crippen molar-refractivity contribution in [2.24, 2.45) is 11.8 Å². The number of para-hydroxylation sites is 1. The van der Waals surface area contributed by atoms with Gasteiger partial charge in [-0.15, -0.1) is 11.3 Å². The number of amides is 3. The number of alkyl halides is 3. The van der Waals surface area contributed by atoms with E-state index in [0.717, 1.165) is 20.9 Å². The van der Waals surface area contributed by atoms with Crippen molar-refractivity contribution < 1.29 is 45.5 Å². The molecule has 3 N–H and O–H groups in total. The van der Waals surface area contributed by atoms with E-state index in [-0.39, 0.29) is 23.3 Å². The van der Waals surface area contributed by atoms with Crippen LogP contribution in [-0.2, 0) is 29.1 Å². The van der Waals surface area contributed by atoms with E-state index >= 15 is 0 Å². The molecule has 0 spiro atoms. The Hall–Kier alpha value is -3.15. The van der Waals surface area contributed by atoms with Gasteiger partial charge in [-0.2, -0.15) is 17.9 Å². The lowest BCUT2D eigenvalue weighted by molar-refractivity contribution is -0.146. The molecule has 3 aliphatic rings.